The Morgan fingerprint density at radius 2 is 1.68 bits per heavy atom. The standard InChI is InChI=1S/C33H40FN5O8/c1-17-15-43-16-23(17)45-29(40)37-24-12-19-11-20(25(34)26(22(19)14-35-24)38-30(41)46-32(3,4)5)21-13-36-28-27(18(21)2)39(9-10-44-28)31(42)47-33(6,7)8/h11-14,17,23H,9-10,15-16H2,1-8H3,(H,38,41)(H,35,37,40)/t17-,23-/m1/s1. The SMILES string of the molecule is Cc1c(-c2cc3cc(NC(=O)O[C@@H]4COC[C@H]4C)ncc3c(NC(=O)OC(C)(C)C)c2F)cnc2c1N(C(=O)OC(C)(C)C)CCO2. The Kier molecular flexibility index (Phi) is 9.18. The quantitative estimate of drug-likeness (QED) is 0.288. The van der Waals surface area contributed by atoms with Gasteiger partial charge in [0.05, 0.1) is 25.4 Å². The average molecular weight is 654 g/mol. The molecule has 3 aromatic rings. The van der Waals surface area contributed by atoms with Crippen molar-refractivity contribution in [2.75, 3.05) is 41.9 Å². The number of fused-ring (bicyclic) bond motifs is 2. The van der Waals surface area contributed by atoms with Crippen LogP contribution in [0.1, 0.15) is 54.0 Å². The molecule has 14 heteroatoms. The van der Waals surface area contributed by atoms with E-state index in [1.54, 1.807) is 54.5 Å². The third-order valence-corrected chi connectivity index (χ3v) is 7.37. The monoisotopic (exact) mass is 653 g/mol. The summed E-state index contributed by atoms with van der Waals surface area (Å²) in [5.41, 5.74) is -0.576. The van der Waals surface area contributed by atoms with E-state index in [1.807, 2.05) is 6.92 Å². The third kappa shape index (κ3) is 7.64. The summed E-state index contributed by atoms with van der Waals surface area (Å²) < 4.78 is 44.2. The smallest absolute Gasteiger partial charge is 0.415 e. The van der Waals surface area contributed by atoms with E-state index in [4.69, 9.17) is 23.7 Å². The van der Waals surface area contributed by atoms with E-state index in [1.165, 1.54) is 23.4 Å². The molecule has 2 N–H and O–H groups in total. The lowest BCUT2D eigenvalue weighted by Gasteiger charge is -2.32. The molecule has 4 heterocycles. The Labute approximate surface area is 272 Å². The Morgan fingerprint density at radius 1 is 0.957 bits per heavy atom. The molecule has 252 valence electrons. The summed E-state index contributed by atoms with van der Waals surface area (Å²) >= 11 is 0. The first-order valence-corrected chi connectivity index (χ1v) is 15.3. The van der Waals surface area contributed by atoms with Crippen LogP contribution >= 0.6 is 0 Å². The van der Waals surface area contributed by atoms with E-state index in [-0.39, 0.29) is 47.4 Å². The molecule has 3 amide bonds. The number of pyridine rings is 2. The van der Waals surface area contributed by atoms with Crippen LogP contribution < -0.4 is 20.3 Å². The van der Waals surface area contributed by atoms with E-state index >= 15 is 4.39 Å². The van der Waals surface area contributed by atoms with Gasteiger partial charge in [-0.3, -0.25) is 15.5 Å². The molecule has 0 saturated carbocycles. The van der Waals surface area contributed by atoms with Crippen LogP contribution in [0, 0.1) is 18.7 Å². The van der Waals surface area contributed by atoms with Crippen molar-refractivity contribution < 1.29 is 42.5 Å². The molecule has 0 unspecified atom stereocenters. The maximum atomic E-state index is 16.6. The summed E-state index contributed by atoms with van der Waals surface area (Å²) in [4.78, 5) is 48.8. The number of nitrogens with zero attached hydrogens (tertiary/aromatic N) is 3. The molecule has 0 aliphatic carbocycles. The fourth-order valence-electron chi connectivity index (χ4n) is 5.24. The zero-order valence-corrected chi connectivity index (χ0v) is 27.8. The predicted molar refractivity (Wildman–Crippen MR) is 172 cm³/mol. The van der Waals surface area contributed by atoms with Crippen LogP contribution in [0.3, 0.4) is 0 Å². The summed E-state index contributed by atoms with van der Waals surface area (Å²) in [5.74, 6) is -0.402. The number of amides is 3. The van der Waals surface area contributed by atoms with Crippen molar-refractivity contribution in [1.29, 1.82) is 0 Å². The third-order valence-electron chi connectivity index (χ3n) is 7.37. The highest BCUT2D eigenvalue weighted by Crippen LogP contribution is 2.42. The average Bonchev–Trinajstić information content (AvgIpc) is 3.36. The highest BCUT2D eigenvalue weighted by atomic mass is 19.1. The van der Waals surface area contributed by atoms with Gasteiger partial charge >= 0.3 is 18.3 Å². The lowest BCUT2D eigenvalue weighted by molar-refractivity contribution is 0.0564. The molecule has 2 aliphatic rings. The van der Waals surface area contributed by atoms with E-state index < -0.39 is 41.4 Å². The minimum atomic E-state index is -0.877. The van der Waals surface area contributed by atoms with Gasteiger partial charge in [-0.15, -0.1) is 0 Å². The lowest BCUT2D eigenvalue weighted by atomic mass is 9.96. The normalized spacial score (nSPS) is 17.9. The number of hydrogen-bond acceptors (Lipinski definition) is 10. The largest absolute Gasteiger partial charge is 0.474 e. The van der Waals surface area contributed by atoms with Crippen LogP contribution in [0.25, 0.3) is 21.9 Å². The lowest BCUT2D eigenvalue weighted by Crippen LogP contribution is -2.42. The molecule has 47 heavy (non-hydrogen) atoms. The van der Waals surface area contributed by atoms with Gasteiger partial charge in [-0.25, -0.2) is 28.7 Å². The molecule has 2 atom stereocenters. The summed E-state index contributed by atoms with van der Waals surface area (Å²) in [6, 6.07) is 3.08. The van der Waals surface area contributed by atoms with E-state index in [9.17, 15) is 14.4 Å². The van der Waals surface area contributed by atoms with E-state index in [0.717, 1.165) is 0 Å². The molecule has 0 spiro atoms. The van der Waals surface area contributed by atoms with Gasteiger partial charge in [-0.2, -0.15) is 0 Å². The second-order valence-electron chi connectivity index (χ2n) is 13.5. The summed E-state index contributed by atoms with van der Waals surface area (Å²) in [7, 11) is 0. The summed E-state index contributed by atoms with van der Waals surface area (Å²) in [5, 5.41) is 5.82. The first-order chi connectivity index (χ1) is 22.0. The minimum absolute atomic E-state index is 0.0439. The number of carbonyl (C=O) groups is 3. The predicted octanol–water partition coefficient (Wildman–Crippen LogP) is 6.81. The van der Waals surface area contributed by atoms with Crippen LogP contribution in [0.15, 0.2) is 24.5 Å². The van der Waals surface area contributed by atoms with Crippen molar-refractivity contribution in [3.8, 4) is 17.0 Å². The number of hydrogen-bond donors (Lipinski definition) is 2. The molecular weight excluding hydrogens is 613 g/mol. The zero-order chi connectivity index (χ0) is 34.3. The van der Waals surface area contributed by atoms with Crippen molar-refractivity contribution in [2.45, 2.75) is 72.7 Å². The molecule has 13 nitrogen and oxygen atoms in total. The Bertz CT molecular complexity index is 1720. The molecule has 2 aliphatic heterocycles. The van der Waals surface area contributed by atoms with Crippen LogP contribution in [-0.4, -0.2) is 71.9 Å². The summed E-state index contributed by atoms with van der Waals surface area (Å²) in [6.07, 6.45) is 0.189. The maximum absolute atomic E-state index is 16.6. The first-order valence-electron chi connectivity index (χ1n) is 15.3. The number of rotatable bonds is 4. The molecule has 0 bridgehead atoms. The number of benzene rings is 1. The number of carbonyl (C=O) groups excluding carboxylic acids is 3. The van der Waals surface area contributed by atoms with Crippen molar-refractivity contribution in [2.24, 2.45) is 5.92 Å². The van der Waals surface area contributed by atoms with Gasteiger partial charge in [0.15, 0.2) is 5.82 Å². The summed E-state index contributed by atoms with van der Waals surface area (Å²) in [6.45, 7) is 15.2. The number of halogens is 1. The van der Waals surface area contributed by atoms with Gasteiger partial charge < -0.3 is 23.7 Å². The van der Waals surface area contributed by atoms with Crippen LogP contribution in [0.5, 0.6) is 5.88 Å². The number of nitrogens with one attached hydrogen (secondary N) is 2. The first kappa shape index (κ1) is 33.6. The maximum Gasteiger partial charge on any atom is 0.415 e. The van der Waals surface area contributed by atoms with E-state index in [2.05, 4.69) is 20.6 Å². The van der Waals surface area contributed by atoms with Crippen molar-refractivity contribution in [3.63, 3.8) is 0 Å². The topological polar surface area (TPSA) is 150 Å². The van der Waals surface area contributed by atoms with Gasteiger partial charge in [-0.05, 0) is 71.5 Å². The minimum Gasteiger partial charge on any atom is -0.474 e. The Hall–Kier alpha value is -4.72. The highest BCUT2D eigenvalue weighted by molar-refractivity contribution is 6.05. The fourth-order valence-corrected chi connectivity index (χ4v) is 5.24. The van der Waals surface area contributed by atoms with Gasteiger partial charge in [0.25, 0.3) is 0 Å². The fraction of sp³-hybridized carbons (Fsp3) is 0.485. The Balaban J connectivity index is 1.59. The van der Waals surface area contributed by atoms with Gasteiger partial charge in [-0.1, -0.05) is 6.92 Å². The molecule has 1 fully saturated rings. The van der Waals surface area contributed by atoms with Gasteiger partial charge in [0, 0.05) is 34.8 Å². The highest BCUT2D eigenvalue weighted by Gasteiger charge is 2.33. The van der Waals surface area contributed by atoms with Crippen molar-refractivity contribution >= 4 is 46.2 Å². The second-order valence-corrected chi connectivity index (χ2v) is 13.5. The van der Waals surface area contributed by atoms with Crippen molar-refractivity contribution in [3.05, 3.63) is 35.9 Å². The molecule has 2 aromatic heterocycles. The molecule has 1 saturated heterocycles. The van der Waals surface area contributed by atoms with E-state index in [0.29, 0.717) is 35.4 Å². The number of anilines is 3. The number of aromatic nitrogens is 2. The second kappa shape index (κ2) is 12.8. The van der Waals surface area contributed by atoms with Crippen LogP contribution in [0.4, 0.5) is 36.0 Å². The molecular formula is C33H40FN5O8. The zero-order valence-electron chi connectivity index (χ0n) is 27.8. The van der Waals surface area contributed by atoms with Crippen molar-refractivity contribution in [1.82, 2.24) is 9.97 Å². The molecule has 5 rings (SSSR count). The molecule has 1 aromatic carbocycles. The van der Waals surface area contributed by atoms with Gasteiger partial charge in [0.2, 0.25) is 5.88 Å². The molecule has 0 radical (unpaired) electrons. The van der Waals surface area contributed by atoms with Crippen LogP contribution in [-0.2, 0) is 18.9 Å². The van der Waals surface area contributed by atoms with Crippen LogP contribution in [0.2, 0.25) is 0 Å². The Morgan fingerprint density at radius 3 is 2.34 bits per heavy atom. The number of ether oxygens (including phenoxy) is 5. The van der Waals surface area contributed by atoms with Gasteiger partial charge in [0.1, 0.15) is 35.4 Å².